The predicted molar refractivity (Wildman–Crippen MR) is 58.4 cm³/mol. The summed E-state index contributed by atoms with van der Waals surface area (Å²) in [6, 6.07) is 0. The van der Waals surface area contributed by atoms with Gasteiger partial charge in [-0.15, -0.1) is 0 Å². The number of ketones is 1. The van der Waals surface area contributed by atoms with Gasteiger partial charge in [0.15, 0.2) is 12.5 Å². The van der Waals surface area contributed by atoms with Gasteiger partial charge in [-0.05, 0) is 20.8 Å². The minimum absolute atomic E-state index is 0.282. The molecule has 0 saturated heterocycles. The molecule has 0 amide bonds. The highest BCUT2D eigenvalue weighted by Gasteiger charge is 2.44. The summed E-state index contributed by atoms with van der Waals surface area (Å²) in [5, 5.41) is 9.56. The van der Waals surface area contributed by atoms with Crippen LogP contribution in [-0.2, 0) is 14.3 Å². The van der Waals surface area contributed by atoms with E-state index in [1.807, 2.05) is 0 Å². The first-order valence-electron chi connectivity index (χ1n) is 5.49. The number of hydrogen-bond acceptors (Lipinski definition) is 4. The van der Waals surface area contributed by atoms with Crippen LogP contribution in [0.5, 0.6) is 0 Å². The molecule has 0 aromatic rings. The van der Waals surface area contributed by atoms with Crippen LogP contribution in [0.25, 0.3) is 0 Å². The summed E-state index contributed by atoms with van der Waals surface area (Å²) in [5.41, 5.74) is -0.563. The topological polar surface area (TPSA) is 63.6 Å². The van der Waals surface area contributed by atoms with E-state index in [2.05, 4.69) is 0 Å². The van der Waals surface area contributed by atoms with Gasteiger partial charge in [0.05, 0.1) is 5.41 Å². The van der Waals surface area contributed by atoms with Crippen molar-refractivity contribution in [3.05, 3.63) is 6.42 Å². The summed E-state index contributed by atoms with van der Waals surface area (Å²) < 4.78 is 5.30. The Kier molecular flexibility index (Phi) is 3.63. The zero-order valence-electron chi connectivity index (χ0n) is 10.2. The van der Waals surface area contributed by atoms with Crippen molar-refractivity contribution < 1.29 is 19.4 Å². The largest absolute Gasteiger partial charge is 0.457 e. The summed E-state index contributed by atoms with van der Waals surface area (Å²) in [4.78, 5) is 22.9. The first-order valence-corrected chi connectivity index (χ1v) is 5.49. The zero-order valence-corrected chi connectivity index (χ0v) is 10.2. The molecular weight excluding hydrogens is 208 g/mol. The Morgan fingerprint density at radius 3 is 2.56 bits per heavy atom. The molecule has 1 aliphatic carbocycles. The molecular formula is C12H19O4+. The van der Waals surface area contributed by atoms with Crippen molar-refractivity contribution in [3.63, 3.8) is 0 Å². The number of aliphatic hydroxyl groups excluding tert-OH is 1. The van der Waals surface area contributed by atoms with E-state index in [9.17, 15) is 14.7 Å². The minimum Gasteiger partial charge on any atom is -0.457 e. The number of ether oxygens (including phenoxy) is 1. The van der Waals surface area contributed by atoms with Gasteiger partial charge in [-0.25, -0.2) is 4.79 Å². The van der Waals surface area contributed by atoms with E-state index in [4.69, 9.17) is 4.74 Å². The Labute approximate surface area is 96.0 Å². The number of carbonyl (C=O) groups is 2. The van der Waals surface area contributed by atoms with Gasteiger partial charge in [0.1, 0.15) is 12.5 Å². The van der Waals surface area contributed by atoms with E-state index in [1.165, 1.54) is 6.42 Å². The highest BCUT2D eigenvalue weighted by Crippen LogP contribution is 2.27. The number of carbonyl (C=O) groups excluding carboxylic acids is 2. The van der Waals surface area contributed by atoms with Crippen LogP contribution in [0.4, 0.5) is 0 Å². The third-order valence-electron chi connectivity index (χ3n) is 2.80. The molecule has 0 bridgehead atoms. The lowest BCUT2D eigenvalue weighted by Gasteiger charge is -2.29. The van der Waals surface area contributed by atoms with Gasteiger partial charge in [-0.1, -0.05) is 6.92 Å². The number of Topliss-reactive ketones (excluding diaryl/α,β-unsaturated/α-hetero) is 1. The highest BCUT2D eigenvalue weighted by molar-refractivity contribution is 5.92. The lowest BCUT2D eigenvalue weighted by atomic mass is 9.84. The van der Waals surface area contributed by atoms with Gasteiger partial charge in [0, 0.05) is 5.92 Å². The molecule has 4 heteroatoms. The van der Waals surface area contributed by atoms with Gasteiger partial charge in [0.25, 0.3) is 0 Å². The molecule has 0 aromatic carbocycles. The minimum atomic E-state index is -1.05. The van der Waals surface area contributed by atoms with Crippen LogP contribution in [0.1, 0.15) is 34.1 Å². The smallest absolute Gasteiger partial charge is 0.334 e. The summed E-state index contributed by atoms with van der Waals surface area (Å²) >= 11 is 0. The first kappa shape index (κ1) is 13.0. The molecule has 3 atom stereocenters. The Bertz CT molecular complexity index is 290. The normalized spacial score (nSPS) is 30.8. The number of esters is 1. The summed E-state index contributed by atoms with van der Waals surface area (Å²) in [7, 11) is 0. The SMILES string of the molecule is C[C@@H]1[C@@H](OC(=O)C(C)(C)C)C[CH+]C(=O)[C@@H]1O. The molecule has 0 aliphatic heterocycles. The van der Waals surface area contributed by atoms with Crippen molar-refractivity contribution in [1.29, 1.82) is 0 Å². The van der Waals surface area contributed by atoms with Gasteiger partial charge in [-0.3, -0.25) is 4.79 Å². The van der Waals surface area contributed by atoms with Crippen LogP contribution in [0, 0.1) is 17.8 Å². The molecule has 0 aromatic heterocycles. The van der Waals surface area contributed by atoms with Crippen molar-refractivity contribution >= 4 is 11.8 Å². The molecule has 1 fully saturated rings. The van der Waals surface area contributed by atoms with E-state index >= 15 is 0 Å². The molecule has 4 nitrogen and oxygen atoms in total. The standard InChI is InChI=1S/C12H19O4/c1-7-9(6-5-8(13)10(7)14)16-11(15)12(2,3)4/h5,7,9-10,14H,6H2,1-4H3/q+1/t7-,9+,10-/m1/s1. The molecule has 0 unspecified atom stereocenters. The lowest BCUT2D eigenvalue weighted by Crippen LogP contribution is -2.44. The second kappa shape index (κ2) is 4.45. The van der Waals surface area contributed by atoms with Crippen LogP contribution in [0.2, 0.25) is 0 Å². The van der Waals surface area contributed by atoms with Crippen molar-refractivity contribution in [1.82, 2.24) is 0 Å². The third-order valence-corrected chi connectivity index (χ3v) is 2.80. The number of hydrogen-bond donors (Lipinski definition) is 1. The molecule has 1 saturated carbocycles. The fraction of sp³-hybridized carbons (Fsp3) is 0.750. The summed E-state index contributed by atoms with van der Waals surface area (Å²) in [6.07, 6.45) is 0.329. The average Bonchev–Trinajstić information content (AvgIpc) is 2.17. The van der Waals surface area contributed by atoms with Crippen LogP contribution in [-0.4, -0.2) is 29.1 Å². The molecule has 1 aliphatic rings. The molecule has 16 heavy (non-hydrogen) atoms. The first-order chi connectivity index (χ1) is 7.23. The predicted octanol–water partition coefficient (Wildman–Crippen LogP) is 1.12. The summed E-state index contributed by atoms with van der Waals surface area (Å²) in [5.74, 6) is -0.932. The third kappa shape index (κ3) is 2.76. The van der Waals surface area contributed by atoms with E-state index < -0.39 is 17.6 Å². The van der Waals surface area contributed by atoms with Gasteiger partial charge < -0.3 is 9.84 Å². The van der Waals surface area contributed by atoms with Crippen molar-refractivity contribution in [2.24, 2.45) is 11.3 Å². The van der Waals surface area contributed by atoms with Crippen molar-refractivity contribution in [2.75, 3.05) is 0 Å². The average molecular weight is 227 g/mol. The Morgan fingerprint density at radius 2 is 2.06 bits per heavy atom. The van der Waals surface area contributed by atoms with Crippen LogP contribution >= 0.6 is 0 Å². The fourth-order valence-electron chi connectivity index (χ4n) is 1.50. The zero-order chi connectivity index (χ0) is 12.5. The van der Waals surface area contributed by atoms with E-state index in [1.54, 1.807) is 27.7 Å². The molecule has 1 rings (SSSR count). The van der Waals surface area contributed by atoms with E-state index in [0.29, 0.717) is 6.42 Å². The maximum absolute atomic E-state index is 11.7. The second-order valence-corrected chi connectivity index (χ2v) is 5.34. The molecule has 0 spiro atoms. The van der Waals surface area contributed by atoms with Crippen molar-refractivity contribution in [3.8, 4) is 0 Å². The van der Waals surface area contributed by atoms with Crippen LogP contribution in [0.3, 0.4) is 0 Å². The number of rotatable bonds is 1. The maximum Gasteiger partial charge on any atom is 0.334 e. The highest BCUT2D eigenvalue weighted by atomic mass is 16.5. The molecule has 90 valence electrons. The summed E-state index contributed by atoms with van der Waals surface area (Å²) in [6.45, 7) is 7.03. The Morgan fingerprint density at radius 1 is 1.50 bits per heavy atom. The van der Waals surface area contributed by atoms with Gasteiger partial charge >= 0.3 is 11.8 Å². The van der Waals surface area contributed by atoms with Crippen LogP contribution in [0.15, 0.2) is 0 Å². The monoisotopic (exact) mass is 227 g/mol. The second-order valence-electron chi connectivity index (χ2n) is 5.34. The van der Waals surface area contributed by atoms with Crippen LogP contribution < -0.4 is 0 Å². The molecule has 0 radical (unpaired) electrons. The van der Waals surface area contributed by atoms with Gasteiger partial charge in [-0.2, -0.15) is 0 Å². The Balaban J connectivity index is 2.62. The fourth-order valence-corrected chi connectivity index (χ4v) is 1.50. The van der Waals surface area contributed by atoms with Gasteiger partial charge in [0.2, 0.25) is 0 Å². The van der Waals surface area contributed by atoms with Crippen molar-refractivity contribution in [2.45, 2.75) is 46.3 Å². The lowest BCUT2D eigenvalue weighted by molar-refractivity contribution is -0.166. The molecule has 1 N–H and O–H groups in total. The quantitative estimate of drug-likeness (QED) is 0.538. The number of aliphatic hydroxyl groups is 1. The maximum atomic E-state index is 11.7. The Hall–Kier alpha value is -1.03. The van der Waals surface area contributed by atoms with E-state index in [-0.39, 0.29) is 17.7 Å². The van der Waals surface area contributed by atoms with E-state index in [0.717, 1.165) is 0 Å². The molecule has 0 heterocycles.